The Hall–Kier alpha value is -1.94. The van der Waals surface area contributed by atoms with Crippen molar-refractivity contribution in [3.05, 3.63) is 69.6 Å². The summed E-state index contributed by atoms with van der Waals surface area (Å²) in [7, 11) is -4.59. The average molecular weight is 453 g/mol. The van der Waals surface area contributed by atoms with E-state index in [1.165, 1.54) is 23.5 Å². The minimum absolute atomic E-state index is 0.220. The van der Waals surface area contributed by atoms with Crippen molar-refractivity contribution in [1.29, 1.82) is 0 Å². The molecular formula is C17H13BrN2O4S2. The van der Waals surface area contributed by atoms with Crippen LogP contribution in [0.25, 0.3) is 10.6 Å². The van der Waals surface area contributed by atoms with Crippen LogP contribution in [0.1, 0.15) is 15.8 Å². The summed E-state index contributed by atoms with van der Waals surface area (Å²) in [6, 6.07) is 15.4. The Bertz CT molecular complexity index is 1020. The first-order valence-corrected chi connectivity index (χ1v) is 10.6. The van der Waals surface area contributed by atoms with Gasteiger partial charge in [-0.15, -0.1) is 10.2 Å². The zero-order valence-corrected chi connectivity index (χ0v) is 16.5. The molecule has 0 saturated heterocycles. The molecule has 0 amide bonds. The topological polar surface area (TPSA) is 97.2 Å². The highest BCUT2D eigenvalue weighted by Crippen LogP contribution is 2.28. The molecule has 134 valence electrons. The molecule has 0 saturated carbocycles. The quantitative estimate of drug-likeness (QED) is 0.572. The van der Waals surface area contributed by atoms with Crippen LogP contribution >= 0.6 is 27.3 Å². The van der Waals surface area contributed by atoms with E-state index in [-0.39, 0.29) is 12.0 Å². The highest BCUT2D eigenvalue weighted by molar-refractivity contribution is 9.10. The Kier molecular flexibility index (Phi) is 5.61. The Labute approximate surface area is 162 Å². The van der Waals surface area contributed by atoms with Gasteiger partial charge in [0.05, 0.1) is 6.42 Å². The maximum atomic E-state index is 12.5. The van der Waals surface area contributed by atoms with Crippen LogP contribution in [0.2, 0.25) is 0 Å². The molecule has 1 heterocycles. The van der Waals surface area contributed by atoms with E-state index in [1.807, 2.05) is 24.3 Å². The molecule has 0 aliphatic rings. The number of carbonyl (C=O) groups excluding carboxylic acids is 1. The predicted octanol–water partition coefficient (Wildman–Crippen LogP) is 3.71. The number of Topliss-reactive ketones (excluding diaryl/α,β-unsaturated/α-hetero) is 1. The summed E-state index contributed by atoms with van der Waals surface area (Å²) < 4.78 is 33.9. The van der Waals surface area contributed by atoms with E-state index in [4.69, 9.17) is 0 Å². The zero-order valence-electron chi connectivity index (χ0n) is 13.2. The first-order valence-electron chi connectivity index (χ1n) is 7.47. The fraction of sp³-hybridized carbons (Fsp3) is 0.118. The summed E-state index contributed by atoms with van der Waals surface area (Å²) in [5.41, 5.74) is 1.07. The van der Waals surface area contributed by atoms with Crippen molar-refractivity contribution in [2.45, 2.75) is 11.7 Å². The van der Waals surface area contributed by atoms with Crippen LogP contribution in [0.5, 0.6) is 0 Å². The van der Waals surface area contributed by atoms with Crippen molar-refractivity contribution in [1.82, 2.24) is 10.2 Å². The molecule has 0 radical (unpaired) electrons. The first-order chi connectivity index (χ1) is 12.3. The van der Waals surface area contributed by atoms with Crippen LogP contribution in [-0.2, 0) is 21.3 Å². The summed E-state index contributed by atoms with van der Waals surface area (Å²) >= 11 is 4.56. The molecule has 0 aliphatic heterocycles. The Morgan fingerprint density at radius 2 is 1.73 bits per heavy atom. The largest absolute Gasteiger partial charge is 0.297 e. The van der Waals surface area contributed by atoms with Crippen LogP contribution in [0.15, 0.2) is 59.1 Å². The maximum absolute atomic E-state index is 12.5. The zero-order chi connectivity index (χ0) is 18.7. The minimum atomic E-state index is -4.59. The number of ketones is 1. The van der Waals surface area contributed by atoms with Gasteiger partial charge in [-0.3, -0.25) is 9.35 Å². The van der Waals surface area contributed by atoms with Crippen molar-refractivity contribution in [3.8, 4) is 10.6 Å². The van der Waals surface area contributed by atoms with Gasteiger partial charge in [0.25, 0.3) is 10.1 Å². The van der Waals surface area contributed by atoms with Gasteiger partial charge in [0, 0.05) is 10.0 Å². The molecule has 1 N–H and O–H groups in total. The molecule has 1 unspecified atom stereocenters. The fourth-order valence-corrected chi connectivity index (χ4v) is 4.46. The third-order valence-electron chi connectivity index (χ3n) is 3.58. The number of rotatable bonds is 6. The van der Waals surface area contributed by atoms with Crippen LogP contribution in [0.4, 0.5) is 0 Å². The van der Waals surface area contributed by atoms with Gasteiger partial charge < -0.3 is 0 Å². The lowest BCUT2D eigenvalue weighted by Gasteiger charge is -2.12. The molecule has 6 nitrogen and oxygen atoms in total. The van der Waals surface area contributed by atoms with Crippen LogP contribution in [-0.4, -0.2) is 29.0 Å². The van der Waals surface area contributed by atoms with E-state index in [1.54, 1.807) is 18.2 Å². The molecule has 26 heavy (non-hydrogen) atoms. The fourth-order valence-electron chi connectivity index (χ4n) is 2.43. The van der Waals surface area contributed by atoms with Gasteiger partial charge in [0.2, 0.25) is 0 Å². The Morgan fingerprint density at radius 1 is 1.08 bits per heavy atom. The second-order valence-electron chi connectivity index (χ2n) is 5.46. The number of benzene rings is 2. The Balaban J connectivity index is 1.83. The summed E-state index contributed by atoms with van der Waals surface area (Å²) in [5.74, 6) is -0.655. The van der Waals surface area contributed by atoms with Gasteiger partial charge in [-0.1, -0.05) is 69.7 Å². The summed E-state index contributed by atoms with van der Waals surface area (Å²) in [6.45, 7) is 0. The van der Waals surface area contributed by atoms with E-state index in [0.29, 0.717) is 10.0 Å². The molecule has 1 aromatic heterocycles. The number of nitrogens with zero attached hydrogens (tertiary/aromatic N) is 2. The van der Waals surface area contributed by atoms with Crippen molar-refractivity contribution in [2.75, 3.05) is 0 Å². The molecule has 1 atom stereocenters. The highest BCUT2D eigenvalue weighted by atomic mass is 79.9. The summed E-state index contributed by atoms with van der Waals surface area (Å²) in [4.78, 5) is 12.5. The van der Waals surface area contributed by atoms with Crippen molar-refractivity contribution < 1.29 is 17.8 Å². The molecule has 2 aromatic carbocycles. The number of hydrogen-bond donors (Lipinski definition) is 1. The lowest BCUT2D eigenvalue weighted by Crippen LogP contribution is -2.23. The second-order valence-corrected chi connectivity index (χ2v) is 8.94. The number of aromatic nitrogens is 2. The van der Waals surface area contributed by atoms with E-state index in [9.17, 15) is 17.8 Å². The molecule has 0 spiro atoms. The van der Waals surface area contributed by atoms with Gasteiger partial charge in [-0.2, -0.15) is 8.42 Å². The van der Waals surface area contributed by atoms with Crippen molar-refractivity contribution in [3.63, 3.8) is 0 Å². The van der Waals surface area contributed by atoms with Crippen LogP contribution < -0.4 is 0 Å². The lowest BCUT2D eigenvalue weighted by molar-refractivity contribution is -0.118. The number of halogens is 1. The van der Waals surface area contributed by atoms with Gasteiger partial charge >= 0.3 is 0 Å². The maximum Gasteiger partial charge on any atom is 0.279 e. The van der Waals surface area contributed by atoms with Crippen LogP contribution in [0.3, 0.4) is 0 Å². The van der Waals surface area contributed by atoms with E-state index in [0.717, 1.165) is 10.0 Å². The minimum Gasteiger partial charge on any atom is -0.297 e. The van der Waals surface area contributed by atoms with E-state index >= 15 is 0 Å². The third kappa shape index (κ3) is 4.42. The smallest absolute Gasteiger partial charge is 0.279 e. The van der Waals surface area contributed by atoms with Gasteiger partial charge in [-0.25, -0.2) is 0 Å². The number of hydrogen-bond acceptors (Lipinski definition) is 6. The second kappa shape index (κ2) is 7.75. The monoisotopic (exact) mass is 452 g/mol. The van der Waals surface area contributed by atoms with E-state index in [2.05, 4.69) is 26.1 Å². The molecule has 3 rings (SSSR count). The normalized spacial score (nSPS) is 12.7. The van der Waals surface area contributed by atoms with Gasteiger partial charge in [-0.05, 0) is 17.7 Å². The molecule has 0 aliphatic carbocycles. The van der Waals surface area contributed by atoms with Crippen molar-refractivity contribution >= 4 is 43.2 Å². The van der Waals surface area contributed by atoms with Gasteiger partial charge in [0.15, 0.2) is 11.0 Å². The van der Waals surface area contributed by atoms with E-state index < -0.39 is 21.2 Å². The standard InChI is InChI=1S/C17H13BrN2O4S2/c18-13-8-6-12(7-9-13)17-20-19-15(25-17)10-14(21)16(26(22,23)24)11-4-2-1-3-5-11/h1-9,16H,10H2,(H,22,23,24). The lowest BCUT2D eigenvalue weighted by atomic mass is 10.1. The SMILES string of the molecule is O=C(Cc1nnc(-c2ccc(Br)cc2)s1)C(c1ccccc1)S(=O)(=O)O. The molecule has 3 aromatic rings. The summed E-state index contributed by atoms with van der Waals surface area (Å²) in [5, 5.41) is 7.40. The average Bonchev–Trinajstić information content (AvgIpc) is 3.03. The van der Waals surface area contributed by atoms with Gasteiger partial charge in [0.1, 0.15) is 10.0 Å². The number of carbonyl (C=O) groups is 1. The predicted molar refractivity (Wildman–Crippen MR) is 102 cm³/mol. The molecule has 9 heteroatoms. The molecule has 0 bridgehead atoms. The Morgan fingerprint density at radius 3 is 2.35 bits per heavy atom. The summed E-state index contributed by atoms with van der Waals surface area (Å²) in [6.07, 6.45) is -0.229. The molecule has 0 fully saturated rings. The van der Waals surface area contributed by atoms with Crippen molar-refractivity contribution in [2.24, 2.45) is 0 Å². The molecular weight excluding hydrogens is 440 g/mol. The highest BCUT2D eigenvalue weighted by Gasteiger charge is 2.33. The van der Waals surface area contributed by atoms with Crippen LogP contribution in [0, 0.1) is 0 Å². The first kappa shape index (κ1) is 18.8. The third-order valence-corrected chi connectivity index (χ3v) is 6.21.